The van der Waals surface area contributed by atoms with Gasteiger partial charge in [0, 0.05) is 25.8 Å². The lowest BCUT2D eigenvalue weighted by atomic mass is 9.88. The number of nitrogens with one attached hydrogen (secondary N) is 2. The Morgan fingerprint density at radius 1 is 0.788 bits per heavy atom. The Hall–Kier alpha value is -2.32. The molecule has 1 aliphatic carbocycles. The second-order valence-electron chi connectivity index (χ2n) is 8.25. The quantitative estimate of drug-likeness (QED) is 0.232. The molecule has 0 aliphatic heterocycles. The second kappa shape index (κ2) is 11.7. The third-order valence-electron chi connectivity index (χ3n) is 5.80. The molecule has 1 saturated carbocycles. The summed E-state index contributed by atoms with van der Waals surface area (Å²) in [5, 5.41) is 5.70. The molecule has 0 radical (unpaired) electrons. The van der Waals surface area contributed by atoms with Crippen LogP contribution in [0.5, 0.6) is 0 Å². The summed E-state index contributed by atoms with van der Waals surface area (Å²) in [6, 6.07) is 25.3. The van der Waals surface area contributed by atoms with Crippen molar-refractivity contribution in [3.63, 3.8) is 0 Å². The van der Waals surface area contributed by atoms with E-state index in [1.54, 1.807) is 0 Å². The Morgan fingerprint density at radius 3 is 2.06 bits per heavy atom. The summed E-state index contributed by atoms with van der Waals surface area (Å²) >= 11 is 3.75. The van der Waals surface area contributed by atoms with E-state index in [0.29, 0.717) is 0 Å². The summed E-state index contributed by atoms with van der Waals surface area (Å²) in [5.74, 6) is 0.177. The van der Waals surface area contributed by atoms with Crippen LogP contribution in [-0.4, -0.2) is 11.8 Å². The number of hydrogen-bond acceptors (Lipinski definition) is 3. The fourth-order valence-electron chi connectivity index (χ4n) is 4.00. The lowest BCUT2D eigenvalue weighted by Gasteiger charge is -2.21. The molecule has 6 heteroatoms. The molecule has 3 aromatic rings. The maximum Gasteiger partial charge on any atom is 0.242 e. The standard InChI is InChI=1S/C27H27IN2O2S/c28-21-11-13-22(14-12-21)30-27(32)25(19-7-3-1-4-8-19)33-24-17-15-23(16-18-24)29-26(31)20-9-5-2-6-10-20/h1,3-4,7-8,11-18,20,25H,2,5-6,9-10H2,(H,29,31)(H,30,32). The number of carbonyl (C=O) groups excluding carboxylic acids is 2. The fourth-order valence-corrected chi connectivity index (χ4v) is 5.39. The number of anilines is 2. The molecule has 3 aromatic carbocycles. The highest BCUT2D eigenvalue weighted by Gasteiger charge is 2.23. The van der Waals surface area contributed by atoms with Crippen LogP contribution in [0.4, 0.5) is 11.4 Å². The van der Waals surface area contributed by atoms with Crippen molar-refractivity contribution in [3.05, 3.63) is 88.0 Å². The minimum atomic E-state index is -0.395. The lowest BCUT2D eigenvalue weighted by Crippen LogP contribution is -2.24. The van der Waals surface area contributed by atoms with Crippen LogP contribution >= 0.6 is 34.4 Å². The van der Waals surface area contributed by atoms with Gasteiger partial charge in [-0.2, -0.15) is 0 Å². The first-order valence-electron chi connectivity index (χ1n) is 11.3. The monoisotopic (exact) mass is 570 g/mol. The molecule has 0 bridgehead atoms. The lowest BCUT2D eigenvalue weighted by molar-refractivity contribution is -0.120. The van der Waals surface area contributed by atoms with Crippen LogP contribution in [-0.2, 0) is 9.59 Å². The number of thioether (sulfide) groups is 1. The molecular weight excluding hydrogens is 543 g/mol. The van der Waals surface area contributed by atoms with Crippen molar-refractivity contribution in [2.24, 2.45) is 5.92 Å². The number of amides is 2. The van der Waals surface area contributed by atoms with Gasteiger partial charge in [0.05, 0.1) is 0 Å². The maximum atomic E-state index is 13.2. The highest BCUT2D eigenvalue weighted by Crippen LogP contribution is 2.37. The largest absolute Gasteiger partial charge is 0.326 e. The SMILES string of the molecule is O=C(Nc1ccc(SC(C(=O)Nc2ccc(I)cc2)c2ccccc2)cc1)C1CCCCC1. The van der Waals surface area contributed by atoms with Gasteiger partial charge in [-0.3, -0.25) is 9.59 Å². The Kier molecular flexibility index (Phi) is 8.45. The van der Waals surface area contributed by atoms with Crippen molar-refractivity contribution in [2.75, 3.05) is 10.6 Å². The molecule has 0 spiro atoms. The average molecular weight is 570 g/mol. The summed E-state index contributed by atoms with van der Waals surface area (Å²) in [6.45, 7) is 0. The van der Waals surface area contributed by atoms with E-state index in [9.17, 15) is 9.59 Å². The highest BCUT2D eigenvalue weighted by atomic mass is 127. The minimum absolute atomic E-state index is 0.0675. The van der Waals surface area contributed by atoms with Crippen molar-refractivity contribution in [3.8, 4) is 0 Å². The van der Waals surface area contributed by atoms with Gasteiger partial charge in [-0.1, -0.05) is 49.6 Å². The number of rotatable bonds is 7. The molecule has 2 N–H and O–H groups in total. The zero-order valence-electron chi connectivity index (χ0n) is 18.3. The van der Waals surface area contributed by atoms with E-state index in [0.717, 1.165) is 51.1 Å². The first-order chi connectivity index (χ1) is 16.1. The first kappa shape index (κ1) is 23.8. The molecule has 1 aliphatic rings. The van der Waals surface area contributed by atoms with Gasteiger partial charge in [0.25, 0.3) is 0 Å². The van der Waals surface area contributed by atoms with Crippen molar-refractivity contribution >= 4 is 57.5 Å². The molecule has 1 atom stereocenters. The number of benzene rings is 3. The molecule has 1 unspecified atom stereocenters. The third-order valence-corrected chi connectivity index (χ3v) is 7.79. The van der Waals surface area contributed by atoms with E-state index in [1.165, 1.54) is 18.2 Å². The second-order valence-corrected chi connectivity index (χ2v) is 10.7. The summed E-state index contributed by atoms with van der Waals surface area (Å²) in [5.41, 5.74) is 2.53. The summed E-state index contributed by atoms with van der Waals surface area (Å²) < 4.78 is 1.12. The van der Waals surface area contributed by atoms with Crippen LogP contribution in [0.25, 0.3) is 0 Å². The highest BCUT2D eigenvalue weighted by molar-refractivity contribution is 14.1. The summed E-state index contributed by atoms with van der Waals surface area (Å²) in [4.78, 5) is 26.7. The van der Waals surface area contributed by atoms with E-state index in [1.807, 2.05) is 78.9 Å². The topological polar surface area (TPSA) is 58.2 Å². The normalized spacial score (nSPS) is 14.9. The fraction of sp³-hybridized carbons (Fsp3) is 0.259. The smallest absolute Gasteiger partial charge is 0.242 e. The first-order valence-corrected chi connectivity index (χ1v) is 13.2. The van der Waals surface area contributed by atoms with Crippen LogP contribution in [0.3, 0.4) is 0 Å². The van der Waals surface area contributed by atoms with Crippen molar-refractivity contribution in [1.29, 1.82) is 0 Å². The predicted octanol–water partition coefficient (Wildman–Crippen LogP) is 7.28. The maximum absolute atomic E-state index is 13.2. The molecule has 0 aromatic heterocycles. The predicted molar refractivity (Wildman–Crippen MR) is 144 cm³/mol. The van der Waals surface area contributed by atoms with Gasteiger partial charge >= 0.3 is 0 Å². The minimum Gasteiger partial charge on any atom is -0.326 e. The zero-order chi connectivity index (χ0) is 23.0. The van der Waals surface area contributed by atoms with Crippen LogP contribution < -0.4 is 10.6 Å². The molecule has 4 rings (SSSR count). The van der Waals surface area contributed by atoms with Gasteiger partial charge in [-0.05, 0) is 89.5 Å². The summed E-state index contributed by atoms with van der Waals surface area (Å²) in [6.07, 6.45) is 5.47. The van der Waals surface area contributed by atoms with E-state index < -0.39 is 5.25 Å². The molecule has 4 nitrogen and oxygen atoms in total. The van der Waals surface area contributed by atoms with Crippen LogP contribution in [0, 0.1) is 9.49 Å². The van der Waals surface area contributed by atoms with Crippen molar-refractivity contribution < 1.29 is 9.59 Å². The molecule has 1 fully saturated rings. The Bertz CT molecular complexity index is 1070. The Labute approximate surface area is 213 Å². The van der Waals surface area contributed by atoms with Gasteiger partial charge < -0.3 is 10.6 Å². The van der Waals surface area contributed by atoms with Crippen LogP contribution in [0.1, 0.15) is 42.9 Å². The van der Waals surface area contributed by atoms with Crippen molar-refractivity contribution in [2.45, 2.75) is 42.2 Å². The van der Waals surface area contributed by atoms with E-state index in [4.69, 9.17) is 0 Å². The number of hydrogen-bond donors (Lipinski definition) is 2. The third kappa shape index (κ3) is 6.84. The Balaban J connectivity index is 1.45. The van der Waals surface area contributed by atoms with Gasteiger partial charge in [0.15, 0.2) is 0 Å². The van der Waals surface area contributed by atoms with Gasteiger partial charge in [0.2, 0.25) is 11.8 Å². The van der Waals surface area contributed by atoms with Crippen molar-refractivity contribution in [1.82, 2.24) is 0 Å². The van der Waals surface area contributed by atoms with Gasteiger partial charge in [0.1, 0.15) is 5.25 Å². The van der Waals surface area contributed by atoms with Gasteiger partial charge in [-0.25, -0.2) is 0 Å². The summed E-state index contributed by atoms with van der Waals surface area (Å²) in [7, 11) is 0. The van der Waals surface area contributed by atoms with Gasteiger partial charge in [-0.15, -0.1) is 11.8 Å². The number of halogens is 1. The van der Waals surface area contributed by atoms with E-state index in [2.05, 4.69) is 33.2 Å². The van der Waals surface area contributed by atoms with E-state index in [-0.39, 0.29) is 17.7 Å². The van der Waals surface area contributed by atoms with Crippen LogP contribution in [0.15, 0.2) is 83.8 Å². The molecule has 33 heavy (non-hydrogen) atoms. The molecule has 0 saturated heterocycles. The molecule has 0 heterocycles. The average Bonchev–Trinajstić information content (AvgIpc) is 2.86. The number of carbonyl (C=O) groups is 2. The van der Waals surface area contributed by atoms with E-state index >= 15 is 0 Å². The zero-order valence-corrected chi connectivity index (χ0v) is 21.3. The Morgan fingerprint density at radius 2 is 1.39 bits per heavy atom. The molecular formula is C27H27IN2O2S. The molecule has 170 valence electrons. The molecule has 2 amide bonds. The van der Waals surface area contributed by atoms with Crippen LogP contribution in [0.2, 0.25) is 0 Å².